The summed E-state index contributed by atoms with van der Waals surface area (Å²) in [5, 5.41) is 5.49. The summed E-state index contributed by atoms with van der Waals surface area (Å²) in [5.41, 5.74) is 1.10. The number of likely N-dealkylation sites (N-methyl/N-ethyl adjacent to an activating group) is 1. The van der Waals surface area contributed by atoms with Crippen molar-refractivity contribution in [2.75, 3.05) is 19.1 Å². The average Bonchev–Trinajstić information content (AvgIpc) is 2.60. The van der Waals surface area contributed by atoms with Crippen LogP contribution in [-0.2, 0) is 0 Å². The van der Waals surface area contributed by atoms with Crippen LogP contribution in [0.2, 0.25) is 0 Å². The lowest BCUT2D eigenvalue weighted by molar-refractivity contribution is 0.414. The van der Waals surface area contributed by atoms with Gasteiger partial charge in [-0.2, -0.15) is 0 Å². The maximum Gasteiger partial charge on any atom is 0.140 e. The number of fused-ring (bicyclic) bond motifs is 1. The van der Waals surface area contributed by atoms with Crippen LogP contribution >= 0.6 is 0 Å². The monoisotopic (exact) mass is 295 g/mol. The third-order valence-corrected chi connectivity index (χ3v) is 4.04. The highest BCUT2D eigenvalue weighted by Gasteiger charge is 2.24. The van der Waals surface area contributed by atoms with Gasteiger partial charge in [-0.3, -0.25) is 4.99 Å². The Morgan fingerprint density at radius 1 is 1.14 bits per heavy atom. The van der Waals surface area contributed by atoms with E-state index in [0.717, 1.165) is 22.0 Å². The number of hydrogen-bond acceptors (Lipinski definition) is 4. The fourth-order valence-corrected chi connectivity index (χ4v) is 2.63. The van der Waals surface area contributed by atoms with Crippen LogP contribution in [0.3, 0.4) is 0 Å². The Morgan fingerprint density at radius 2 is 1.86 bits per heavy atom. The maximum absolute atomic E-state index is 5.24. The molecule has 0 amide bonds. The Balaban J connectivity index is 2.08. The molecule has 0 radical (unpaired) electrons. The zero-order valence-electron chi connectivity index (χ0n) is 13.2. The number of anilines is 1. The molecule has 1 heterocycles. The minimum Gasteiger partial charge on any atom is -0.497 e. The third-order valence-electron chi connectivity index (χ3n) is 4.04. The number of para-hydroxylation sites is 1. The molecule has 0 bridgehead atoms. The SMILES string of the molecule is CNC(C)C1N=c2ccccc2=CN1c1ccc(OC)cc1. The van der Waals surface area contributed by atoms with Crippen LogP contribution in [0.4, 0.5) is 5.69 Å². The highest BCUT2D eigenvalue weighted by molar-refractivity contribution is 5.61. The van der Waals surface area contributed by atoms with E-state index < -0.39 is 0 Å². The molecule has 1 aliphatic heterocycles. The molecule has 4 heteroatoms. The van der Waals surface area contributed by atoms with Crippen LogP contribution in [0, 0.1) is 0 Å². The first-order valence-corrected chi connectivity index (χ1v) is 7.47. The minimum absolute atomic E-state index is 0.0216. The molecule has 2 atom stereocenters. The first kappa shape index (κ1) is 14.6. The van der Waals surface area contributed by atoms with Crippen molar-refractivity contribution in [3.8, 4) is 5.75 Å². The molecular formula is C18H21N3O. The Hall–Kier alpha value is -2.33. The van der Waals surface area contributed by atoms with Crippen molar-refractivity contribution in [3.05, 3.63) is 59.1 Å². The van der Waals surface area contributed by atoms with Gasteiger partial charge in [0.2, 0.25) is 0 Å². The second kappa shape index (κ2) is 6.20. The van der Waals surface area contributed by atoms with E-state index in [1.165, 1.54) is 0 Å². The highest BCUT2D eigenvalue weighted by Crippen LogP contribution is 2.23. The summed E-state index contributed by atoms with van der Waals surface area (Å²) in [6, 6.07) is 16.5. The largest absolute Gasteiger partial charge is 0.497 e. The predicted molar refractivity (Wildman–Crippen MR) is 89.5 cm³/mol. The van der Waals surface area contributed by atoms with Crippen molar-refractivity contribution in [1.29, 1.82) is 0 Å². The zero-order valence-corrected chi connectivity index (χ0v) is 13.2. The van der Waals surface area contributed by atoms with Crippen LogP contribution in [0.15, 0.2) is 53.5 Å². The van der Waals surface area contributed by atoms with E-state index >= 15 is 0 Å². The van der Waals surface area contributed by atoms with Gasteiger partial charge in [0.05, 0.1) is 12.5 Å². The van der Waals surface area contributed by atoms with Crippen LogP contribution < -0.4 is 25.5 Å². The van der Waals surface area contributed by atoms with E-state index in [1.807, 2.05) is 31.3 Å². The summed E-state index contributed by atoms with van der Waals surface area (Å²) in [5.74, 6) is 0.858. The van der Waals surface area contributed by atoms with Crippen LogP contribution in [0.25, 0.3) is 6.20 Å². The second-order valence-corrected chi connectivity index (χ2v) is 5.41. The molecule has 22 heavy (non-hydrogen) atoms. The zero-order chi connectivity index (χ0) is 15.5. The molecule has 114 valence electrons. The normalized spacial score (nSPS) is 18.0. The summed E-state index contributed by atoms with van der Waals surface area (Å²) < 4.78 is 5.24. The number of benzene rings is 2. The fraction of sp³-hybridized carbons (Fsp3) is 0.278. The molecule has 0 saturated heterocycles. The van der Waals surface area contributed by atoms with Gasteiger partial charge in [-0.15, -0.1) is 0 Å². The smallest absolute Gasteiger partial charge is 0.140 e. The molecule has 0 spiro atoms. The number of nitrogens with one attached hydrogen (secondary N) is 1. The lowest BCUT2D eigenvalue weighted by Crippen LogP contribution is -2.50. The van der Waals surface area contributed by atoms with Gasteiger partial charge < -0.3 is 15.0 Å². The molecule has 0 fully saturated rings. The van der Waals surface area contributed by atoms with Crippen molar-refractivity contribution < 1.29 is 4.74 Å². The minimum atomic E-state index is 0.0216. The highest BCUT2D eigenvalue weighted by atomic mass is 16.5. The van der Waals surface area contributed by atoms with Gasteiger partial charge in [-0.25, -0.2) is 0 Å². The Labute approximate surface area is 130 Å². The molecular weight excluding hydrogens is 274 g/mol. The standard InChI is InChI=1S/C18H21N3O/c1-13(19-2)18-20-17-7-5-4-6-14(17)12-21(18)15-8-10-16(22-3)11-9-15/h4-13,18-19H,1-3H3. The number of nitrogens with zero attached hydrogens (tertiary/aromatic N) is 2. The van der Waals surface area contributed by atoms with Crippen LogP contribution in [-0.4, -0.2) is 26.4 Å². The van der Waals surface area contributed by atoms with Crippen molar-refractivity contribution in [1.82, 2.24) is 5.32 Å². The van der Waals surface area contributed by atoms with E-state index in [9.17, 15) is 0 Å². The van der Waals surface area contributed by atoms with E-state index in [1.54, 1.807) is 7.11 Å². The van der Waals surface area contributed by atoms with Gasteiger partial charge in [-0.05, 0) is 44.3 Å². The Bertz CT molecular complexity index is 755. The molecule has 0 saturated carbocycles. The quantitative estimate of drug-likeness (QED) is 0.929. The summed E-state index contributed by atoms with van der Waals surface area (Å²) in [4.78, 5) is 7.13. The lowest BCUT2D eigenvalue weighted by atomic mass is 10.1. The van der Waals surface area contributed by atoms with E-state index in [0.29, 0.717) is 0 Å². The molecule has 1 N–H and O–H groups in total. The van der Waals surface area contributed by atoms with Gasteiger partial charge in [0.25, 0.3) is 0 Å². The summed E-state index contributed by atoms with van der Waals surface area (Å²) in [6.45, 7) is 2.15. The Kier molecular flexibility index (Phi) is 4.11. The fourth-order valence-electron chi connectivity index (χ4n) is 2.63. The molecule has 3 rings (SSSR count). The number of rotatable bonds is 4. The van der Waals surface area contributed by atoms with Gasteiger partial charge in [0, 0.05) is 23.1 Å². The maximum atomic E-state index is 5.24. The third kappa shape index (κ3) is 2.70. The molecule has 0 aromatic heterocycles. The number of methoxy groups -OCH3 is 1. The number of ether oxygens (including phenoxy) is 1. The molecule has 0 aliphatic carbocycles. The van der Waals surface area contributed by atoms with Crippen LogP contribution in [0.1, 0.15) is 6.92 Å². The van der Waals surface area contributed by atoms with Gasteiger partial charge in [-0.1, -0.05) is 18.2 Å². The molecule has 2 aromatic rings. The topological polar surface area (TPSA) is 36.9 Å². The van der Waals surface area contributed by atoms with E-state index in [4.69, 9.17) is 9.73 Å². The van der Waals surface area contributed by atoms with Crippen molar-refractivity contribution in [2.24, 2.45) is 4.99 Å². The van der Waals surface area contributed by atoms with Crippen molar-refractivity contribution >= 4 is 11.9 Å². The van der Waals surface area contributed by atoms with Crippen LogP contribution in [0.5, 0.6) is 5.75 Å². The predicted octanol–water partition coefficient (Wildman–Crippen LogP) is 1.51. The first-order chi connectivity index (χ1) is 10.7. The Morgan fingerprint density at radius 3 is 2.55 bits per heavy atom. The van der Waals surface area contributed by atoms with Gasteiger partial charge >= 0.3 is 0 Å². The first-order valence-electron chi connectivity index (χ1n) is 7.47. The van der Waals surface area contributed by atoms with Gasteiger partial charge in [0.1, 0.15) is 11.9 Å². The van der Waals surface area contributed by atoms with Crippen molar-refractivity contribution in [3.63, 3.8) is 0 Å². The van der Waals surface area contributed by atoms with E-state index in [-0.39, 0.29) is 12.2 Å². The van der Waals surface area contributed by atoms with Crippen molar-refractivity contribution in [2.45, 2.75) is 19.1 Å². The van der Waals surface area contributed by atoms with Gasteiger partial charge in [0.15, 0.2) is 0 Å². The second-order valence-electron chi connectivity index (χ2n) is 5.41. The molecule has 2 aromatic carbocycles. The molecule has 4 nitrogen and oxygen atoms in total. The summed E-state index contributed by atoms with van der Waals surface area (Å²) >= 11 is 0. The van der Waals surface area contributed by atoms with E-state index in [2.05, 4.69) is 47.6 Å². The number of hydrogen-bond donors (Lipinski definition) is 1. The molecule has 2 unspecified atom stereocenters. The average molecular weight is 295 g/mol. The summed E-state index contributed by atoms with van der Waals surface area (Å²) in [7, 11) is 3.65. The lowest BCUT2D eigenvalue weighted by Gasteiger charge is -2.33. The molecule has 1 aliphatic rings. The summed E-state index contributed by atoms with van der Waals surface area (Å²) in [6.07, 6.45) is 2.19.